The summed E-state index contributed by atoms with van der Waals surface area (Å²) in [4.78, 5) is 0. The number of aliphatic hydroxyl groups excluding tert-OH is 1. The topological polar surface area (TPSA) is 40.5 Å². The van der Waals surface area contributed by atoms with E-state index in [9.17, 15) is 5.11 Å². The van der Waals surface area contributed by atoms with Gasteiger partial charge in [0.15, 0.2) is 0 Å². The second kappa shape index (κ2) is 3.38. The van der Waals surface area contributed by atoms with Gasteiger partial charge in [-0.25, -0.2) is 0 Å². The van der Waals surface area contributed by atoms with E-state index in [4.69, 9.17) is 5.11 Å². The first-order valence-electron chi connectivity index (χ1n) is 4.71. The lowest BCUT2D eigenvalue weighted by molar-refractivity contribution is 0.213. The van der Waals surface area contributed by atoms with Crippen LogP contribution in [0.3, 0.4) is 0 Å². The van der Waals surface area contributed by atoms with Gasteiger partial charge in [-0.05, 0) is 48.4 Å². The van der Waals surface area contributed by atoms with E-state index in [1.807, 2.05) is 12.1 Å². The molecule has 1 aliphatic rings. The molecule has 0 aromatic heterocycles. The summed E-state index contributed by atoms with van der Waals surface area (Å²) in [5.41, 5.74) is 2.52. The van der Waals surface area contributed by atoms with Gasteiger partial charge in [-0.15, -0.1) is 0 Å². The van der Waals surface area contributed by atoms with Crippen LogP contribution in [0.25, 0.3) is 0 Å². The van der Waals surface area contributed by atoms with Gasteiger partial charge >= 0.3 is 0 Å². The van der Waals surface area contributed by atoms with E-state index in [2.05, 4.69) is 0 Å². The van der Waals surface area contributed by atoms with Gasteiger partial charge in [-0.2, -0.15) is 0 Å². The highest BCUT2D eigenvalue weighted by atomic mass is 16.3. The molecule has 13 heavy (non-hydrogen) atoms. The summed E-state index contributed by atoms with van der Waals surface area (Å²) < 4.78 is 0. The number of hydrogen-bond acceptors (Lipinski definition) is 2. The van der Waals surface area contributed by atoms with Crippen molar-refractivity contribution < 1.29 is 10.2 Å². The van der Waals surface area contributed by atoms with Crippen molar-refractivity contribution in [2.75, 3.05) is 6.61 Å². The number of phenolic OH excluding ortho intramolecular Hbond substituents is 1. The third-order valence-corrected chi connectivity index (χ3v) is 2.78. The monoisotopic (exact) mass is 178 g/mol. The smallest absolute Gasteiger partial charge is 0.115 e. The van der Waals surface area contributed by atoms with E-state index < -0.39 is 0 Å². The molecule has 2 N–H and O–H groups in total. The van der Waals surface area contributed by atoms with Crippen LogP contribution in [0.5, 0.6) is 5.75 Å². The predicted octanol–water partition coefficient (Wildman–Crippen LogP) is 1.49. The van der Waals surface area contributed by atoms with Crippen LogP contribution in [0.15, 0.2) is 18.2 Å². The van der Waals surface area contributed by atoms with E-state index in [0.717, 1.165) is 19.3 Å². The van der Waals surface area contributed by atoms with Crippen molar-refractivity contribution in [1.82, 2.24) is 0 Å². The van der Waals surface area contributed by atoms with E-state index in [0.29, 0.717) is 11.7 Å². The Hall–Kier alpha value is -1.02. The number of aliphatic hydroxyl groups is 1. The Kier molecular flexibility index (Phi) is 2.23. The van der Waals surface area contributed by atoms with Crippen LogP contribution in [0.2, 0.25) is 0 Å². The molecule has 1 aliphatic carbocycles. The lowest BCUT2D eigenvalue weighted by Gasteiger charge is -2.22. The molecule has 0 bridgehead atoms. The van der Waals surface area contributed by atoms with Crippen molar-refractivity contribution in [3.8, 4) is 5.75 Å². The standard InChI is InChI=1S/C11H14O2/c12-7-8-1-2-10-6-11(13)4-3-9(10)5-8/h3-4,6,8,12-13H,1-2,5,7H2. The number of rotatable bonds is 1. The van der Waals surface area contributed by atoms with Gasteiger partial charge in [0.2, 0.25) is 0 Å². The minimum Gasteiger partial charge on any atom is -0.508 e. The molecule has 0 amide bonds. The summed E-state index contributed by atoms with van der Waals surface area (Å²) in [6.45, 7) is 0.278. The summed E-state index contributed by atoms with van der Waals surface area (Å²) in [6, 6.07) is 5.52. The van der Waals surface area contributed by atoms with Crippen LogP contribution in [-0.2, 0) is 12.8 Å². The fourth-order valence-electron chi connectivity index (χ4n) is 1.97. The second-order valence-electron chi connectivity index (χ2n) is 3.74. The van der Waals surface area contributed by atoms with Crippen molar-refractivity contribution in [3.05, 3.63) is 29.3 Å². The molecule has 0 saturated heterocycles. The van der Waals surface area contributed by atoms with Crippen LogP contribution < -0.4 is 0 Å². The van der Waals surface area contributed by atoms with Crippen molar-refractivity contribution in [1.29, 1.82) is 0 Å². The largest absolute Gasteiger partial charge is 0.508 e. The Morgan fingerprint density at radius 2 is 2.15 bits per heavy atom. The molecular weight excluding hydrogens is 164 g/mol. The third-order valence-electron chi connectivity index (χ3n) is 2.78. The minimum atomic E-state index is 0.278. The Labute approximate surface area is 77.8 Å². The minimum absolute atomic E-state index is 0.278. The average Bonchev–Trinajstić information content (AvgIpc) is 2.17. The summed E-state index contributed by atoms with van der Waals surface area (Å²) in [5.74, 6) is 0.762. The van der Waals surface area contributed by atoms with Crippen LogP contribution in [0.1, 0.15) is 17.5 Å². The number of aromatic hydroxyl groups is 1. The van der Waals surface area contributed by atoms with Crippen LogP contribution in [0.4, 0.5) is 0 Å². The zero-order valence-electron chi connectivity index (χ0n) is 7.53. The fraction of sp³-hybridized carbons (Fsp3) is 0.455. The SMILES string of the molecule is OCC1CCc2cc(O)ccc2C1. The molecule has 70 valence electrons. The number of fused-ring (bicyclic) bond motifs is 1. The summed E-state index contributed by atoms with van der Waals surface area (Å²) in [5, 5.41) is 18.3. The first-order chi connectivity index (χ1) is 6.29. The van der Waals surface area contributed by atoms with E-state index in [1.54, 1.807) is 6.07 Å². The highest BCUT2D eigenvalue weighted by Gasteiger charge is 2.17. The van der Waals surface area contributed by atoms with Crippen molar-refractivity contribution in [2.45, 2.75) is 19.3 Å². The lowest BCUT2D eigenvalue weighted by atomic mass is 9.84. The molecule has 2 nitrogen and oxygen atoms in total. The Bertz CT molecular complexity index is 307. The number of hydrogen-bond donors (Lipinski definition) is 2. The van der Waals surface area contributed by atoms with E-state index in [1.165, 1.54) is 11.1 Å². The predicted molar refractivity (Wildman–Crippen MR) is 50.7 cm³/mol. The number of benzene rings is 1. The Morgan fingerprint density at radius 3 is 2.92 bits per heavy atom. The normalized spacial score (nSPS) is 21.2. The summed E-state index contributed by atoms with van der Waals surface area (Å²) >= 11 is 0. The average molecular weight is 178 g/mol. The molecule has 0 aliphatic heterocycles. The van der Waals surface area contributed by atoms with Gasteiger partial charge in [-0.1, -0.05) is 6.07 Å². The Morgan fingerprint density at radius 1 is 1.31 bits per heavy atom. The molecule has 1 aromatic carbocycles. The maximum atomic E-state index is 9.26. The highest BCUT2D eigenvalue weighted by molar-refractivity contribution is 5.36. The molecule has 2 rings (SSSR count). The fourth-order valence-corrected chi connectivity index (χ4v) is 1.97. The first-order valence-corrected chi connectivity index (χ1v) is 4.71. The molecule has 0 spiro atoms. The lowest BCUT2D eigenvalue weighted by Crippen LogP contribution is -2.17. The van der Waals surface area contributed by atoms with Gasteiger partial charge < -0.3 is 10.2 Å². The van der Waals surface area contributed by atoms with Gasteiger partial charge in [-0.3, -0.25) is 0 Å². The van der Waals surface area contributed by atoms with Crippen LogP contribution >= 0.6 is 0 Å². The number of phenols is 1. The number of aryl methyl sites for hydroxylation is 1. The van der Waals surface area contributed by atoms with Crippen LogP contribution in [-0.4, -0.2) is 16.8 Å². The van der Waals surface area contributed by atoms with Gasteiger partial charge in [0, 0.05) is 6.61 Å². The van der Waals surface area contributed by atoms with Gasteiger partial charge in [0.25, 0.3) is 0 Å². The maximum Gasteiger partial charge on any atom is 0.115 e. The maximum absolute atomic E-state index is 9.26. The van der Waals surface area contributed by atoms with Crippen molar-refractivity contribution >= 4 is 0 Å². The third kappa shape index (κ3) is 1.68. The summed E-state index contributed by atoms with van der Waals surface area (Å²) in [7, 11) is 0. The first kappa shape index (κ1) is 8.57. The van der Waals surface area contributed by atoms with Gasteiger partial charge in [0.05, 0.1) is 0 Å². The summed E-state index contributed by atoms with van der Waals surface area (Å²) in [6.07, 6.45) is 2.97. The van der Waals surface area contributed by atoms with E-state index >= 15 is 0 Å². The molecule has 1 aromatic rings. The quantitative estimate of drug-likeness (QED) is 0.684. The van der Waals surface area contributed by atoms with Crippen molar-refractivity contribution in [3.63, 3.8) is 0 Å². The second-order valence-corrected chi connectivity index (χ2v) is 3.74. The van der Waals surface area contributed by atoms with Crippen LogP contribution in [0, 0.1) is 5.92 Å². The molecule has 0 saturated carbocycles. The molecular formula is C11H14O2. The van der Waals surface area contributed by atoms with Gasteiger partial charge in [0.1, 0.15) is 5.75 Å². The molecule has 2 heteroatoms. The zero-order valence-corrected chi connectivity index (χ0v) is 7.53. The zero-order chi connectivity index (χ0) is 9.26. The molecule has 0 fully saturated rings. The molecule has 0 heterocycles. The molecule has 1 unspecified atom stereocenters. The van der Waals surface area contributed by atoms with Crippen molar-refractivity contribution in [2.24, 2.45) is 5.92 Å². The molecule has 0 radical (unpaired) electrons. The highest BCUT2D eigenvalue weighted by Crippen LogP contribution is 2.27. The Balaban J connectivity index is 2.26. The molecule has 1 atom stereocenters. The van der Waals surface area contributed by atoms with E-state index in [-0.39, 0.29) is 6.61 Å².